The van der Waals surface area contributed by atoms with E-state index >= 15 is 0 Å². The largest absolute Gasteiger partial charge is 0.105 e. The molecule has 1 heteroatoms. The molecule has 0 bridgehead atoms. The lowest BCUT2D eigenvalue weighted by Gasteiger charge is -2.21. The Bertz CT molecular complexity index is 180. The molecule has 0 atom stereocenters. The fourth-order valence-electron chi connectivity index (χ4n) is 1.45. The molecule has 0 aliphatic carbocycles. The molecule has 0 nitrogen and oxygen atoms in total. The minimum Gasteiger partial charge on any atom is -0.105 e. The molecule has 12 heavy (non-hydrogen) atoms. The summed E-state index contributed by atoms with van der Waals surface area (Å²) < 4.78 is 0. The summed E-state index contributed by atoms with van der Waals surface area (Å²) in [6, 6.07) is 0. The van der Waals surface area contributed by atoms with Crippen molar-refractivity contribution in [2.45, 2.75) is 34.6 Å². The molecule has 0 radical (unpaired) electrons. The molecule has 0 aromatic rings. The molecule has 0 unspecified atom stereocenters. The second-order valence-corrected chi connectivity index (χ2v) is 7.92. The van der Waals surface area contributed by atoms with Crippen LogP contribution in [0.15, 0.2) is 11.6 Å². The van der Waals surface area contributed by atoms with Crippen LogP contribution in [0, 0.1) is 0 Å². The first kappa shape index (κ1) is 12.0. The second kappa shape index (κ2) is 5.65. The minimum absolute atomic E-state index is 0.705. The van der Waals surface area contributed by atoms with Crippen molar-refractivity contribution >= 4 is 12.7 Å². The van der Waals surface area contributed by atoms with Gasteiger partial charge in [0, 0.05) is 0 Å². The lowest BCUT2D eigenvalue weighted by atomic mass is 10.3. The van der Waals surface area contributed by atoms with Gasteiger partial charge in [0.05, 0.1) is 0 Å². The van der Waals surface area contributed by atoms with E-state index in [2.05, 4.69) is 46.5 Å². The van der Waals surface area contributed by atoms with E-state index in [0.717, 1.165) is 0 Å². The van der Waals surface area contributed by atoms with Gasteiger partial charge in [-0.25, -0.2) is 0 Å². The van der Waals surface area contributed by atoms with Crippen molar-refractivity contribution in [3.63, 3.8) is 0 Å². The van der Waals surface area contributed by atoms with Gasteiger partial charge in [-0.05, 0) is 32.3 Å². The quantitative estimate of drug-likeness (QED) is 0.585. The highest BCUT2D eigenvalue weighted by atomic mass is 31.2. The summed E-state index contributed by atoms with van der Waals surface area (Å²) in [5.41, 5.74) is 1.47. The minimum atomic E-state index is -0.705. The van der Waals surface area contributed by atoms with E-state index in [9.17, 15) is 0 Å². The Kier molecular flexibility index (Phi) is 5.66. The molecule has 0 fully saturated rings. The van der Waals surface area contributed by atoms with E-state index in [1.54, 1.807) is 0 Å². The van der Waals surface area contributed by atoms with E-state index in [-0.39, 0.29) is 0 Å². The molecule has 0 aromatic heterocycles. The highest BCUT2D eigenvalue weighted by Crippen LogP contribution is 2.45. The topological polar surface area (TPSA) is 0 Å². The predicted octanol–water partition coefficient (Wildman–Crippen LogP) is 3.83. The second-order valence-electron chi connectivity index (χ2n) is 3.33. The number of allylic oxidation sites excluding steroid dienone is 2. The summed E-state index contributed by atoms with van der Waals surface area (Å²) in [7, 11) is 0. The summed E-state index contributed by atoms with van der Waals surface area (Å²) in [6.45, 7) is 10.6. The molecule has 72 valence electrons. The van der Waals surface area contributed by atoms with Crippen molar-refractivity contribution in [2.24, 2.45) is 0 Å². The van der Waals surface area contributed by atoms with Crippen molar-refractivity contribution in [1.82, 2.24) is 0 Å². The Morgan fingerprint density at radius 1 is 1.08 bits per heavy atom. The fraction of sp³-hybridized carbons (Fsp3) is 0.727. The molecule has 0 saturated carbocycles. The zero-order chi connectivity index (χ0) is 9.61. The van der Waals surface area contributed by atoms with Gasteiger partial charge in [0.15, 0.2) is 0 Å². The average molecular weight is 186 g/mol. The summed E-state index contributed by atoms with van der Waals surface area (Å²) in [4.78, 5) is 0. The Balaban J connectivity index is 4.81. The van der Waals surface area contributed by atoms with Gasteiger partial charge in [0.2, 0.25) is 0 Å². The molecule has 0 aromatic carbocycles. The van der Waals surface area contributed by atoms with Gasteiger partial charge in [-0.15, -0.1) is 6.89 Å². The van der Waals surface area contributed by atoms with Crippen LogP contribution in [0.1, 0.15) is 34.6 Å². The molecular formula is C11H23P. The summed E-state index contributed by atoms with van der Waals surface area (Å²) in [5, 5.41) is 0. The summed E-state index contributed by atoms with van der Waals surface area (Å²) in [6.07, 6.45) is 6.32. The number of rotatable bonds is 4. The summed E-state index contributed by atoms with van der Waals surface area (Å²) in [5.74, 6) is 2.55. The van der Waals surface area contributed by atoms with E-state index in [1.165, 1.54) is 24.1 Å². The molecule has 0 spiro atoms. The Hall–Kier alpha value is 0.0400. The van der Waals surface area contributed by atoms with E-state index < -0.39 is 6.89 Å². The van der Waals surface area contributed by atoms with Crippen molar-refractivity contribution in [2.75, 3.05) is 18.5 Å². The normalized spacial score (nSPS) is 13.2. The van der Waals surface area contributed by atoms with Crippen LogP contribution in [0.5, 0.6) is 0 Å². The van der Waals surface area contributed by atoms with Gasteiger partial charge >= 0.3 is 0 Å². The van der Waals surface area contributed by atoms with Crippen molar-refractivity contribution in [3.8, 4) is 0 Å². The van der Waals surface area contributed by atoms with Crippen LogP contribution in [-0.2, 0) is 0 Å². The van der Waals surface area contributed by atoms with E-state index in [0.29, 0.717) is 0 Å². The number of hydrogen-bond donors (Lipinski definition) is 0. The van der Waals surface area contributed by atoms with Crippen LogP contribution in [0.3, 0.4) is 0 Å². The van der Waals surface area contributed by atoms with Gasteiger partial charge in [-0.2, -0.15) is 0 Å². The third-order valence-electron chi connectivity index (χ3n) is 2.82. The zero-order valence-electron chi connectivity index (χ0n) is 9.22. The summed E-state index contributed by atoms with van der Waals surface area (Å²) >= 11 is 0. The first-order valence-electron chi connectivity index (χ1n) is 4.98. The van der Waals surface area contributed by atoms with E-state index in [1.807, 2.05) is 0 Å². The van der Waals surface area contributed by atoms with Crippen molar-refractivity contribution in [3.05, 3.63) is 11.6 Å². The number of hydrogen-bond acceptors (Lipinski definition) is 0. The monoisotopic (exact) mass is 186 g/mol. The fourth-order valence-corrected chi connectivity index (χ4v) is 4.35. The Morgan fingerprint density at radius 3 is 1.75 bits per heavy atom. The third kappa shape index (κ3) is 3.19. The molecule has 0 N–H and O–H groups in total. The third-order valence-corrected chi connectivity index (χ3v) is 7.56. The molecular weight excluding hydrogens is 163 g/mol. The Labute approximate surface area is 78.0 Å². The van der Waals surface area contributed by atoms with Crippen LogP contribution < -0.4 is 0 Å². The predicted molar refractivity (Wildman–Crippen MR) is 64.0 cm³/mol. The molecule has 0 heterocycles. The zero-order valence-corrected chi connectivity index (χ0v) is 10.1. The smallest absolute Gasteiger partial charge is 0.0356 e. The average Bonchev–Trinajstić information content (AvgIpc) is 2.14. The maximum Gasteiger partial charge on any atom is -0.0356 e. The van der Waals surface area contributed by atoms with E-state index in [4.69, 9.17) is 0 Å². The maximum absolute atomic E-state index is 2.55. The molecule has 0 aliphatic rings. The first-order chi connectivity index (χ1) is 5.64. The van der Waals surface area contributed by atoms with Gasteiger partial charge < -0.3 is 0 Å². The van der Waals surface area contributed by atoms with Crippen LogP contribution in [0.2, 0.25) is 0 Å². The van der Waals surface area contributed by atoms with Gasteiger partial charge in [-0.1, -0.05) is 38.2 Å². The Morgan fingerprint density at radius 2 is 1.50 bits per heavy atom. The van der Waals surface area contributed by atoms with Gasteiger partial charge in [0.25, 0.3) is 0 Å². The standard InChI is InChI=1S/C11H23P/c1-6-11(5)10-12(7-2,8-3)9-4/h6,10H,7-9H2,1-5H3/b11-6+. The molecule has 0 aliphatic heterocycles. The molecule has 0 saturated heterocycles. The molecule has 0 rings (SSSR count). The van der Waals surface area contributed by atoms with Crippen molar-refractivity contribution in [1.29, 1.82) is 0 Å². The first-order valence-corrected chi connectivity index (χ1v) is 7.40. The van der Waals surface area contributed by atoms with Crippen LogP contribution in [0.25, 0.3) is 0 Å². The van der Waals surface area contributed by atoms with Gasteiger partial charge in [0.1, 0.15) is 0 Å². The lowest BCUT2D eigenvalue weighted by molar-refractivity contribution is 1.34. The lowest BCUT2D eigenvalue weighted by Crippen LogP contribution is -1.97. The highest BCUT2D eigenvalue weighted by Gasteiger charge is 2.08. The maximum atomic E-state index is 2.55. The SMILES string of the molecule is C/C=C(\C)C=P(CC)(CC)CC. The molecule has 0 amide bonds. The van der Waals surface area contributed by atoms with Crippen molar-refractivity contribution < 1.29 is 0 Å². The van der Waals surface area contributed by atoms with Gasteiger partial charge in [-0.3, -0.25) is 0 Å². The van der Waals surface area contributed by atoms with Crippen LogP contribution in [-0.4, -0.2) is 24.3 Å². The van der Waals surface area contributed by atoms with Crippen LogP contribution >= 0.6 is 6.89 Å². The highest BCUT2D eigenvalue weighted by molar-refractivity contribution is 7.75. The van der Waals surface area contributed by atoms with Crippen LogP contribution in [0.4, 0.5) is 0 Å².